The maximum Gasteiger partial charge on any atom is 0.218 e. The van der Waals surface area contributed by atoms with Crippen molar-refractivity contribution < 1.29 is 14.6 Å². The van der Waals surface area contributed by atoms with E-state index in [9.17, 15) is 9.90 Å². The van der Waals surface area contributed by atoms with Crippen LogP contribution in [0.5, 0.6) is 5.88 Å². The molecule has 1 spiro atoms. The van der Waals surface area contributed by atoms with Crippen LogP contribution in [-0.2, 0) is 11.2 Å². The van der Waals surface area contributed by atoms with Crippen LogP contribution in [0.2, 0.25) is 0 Å². The number of hydrogen-bond donors (Lipinski definition) is 3. The van der Waals surface area contributed by atoms with E-state index in [1.807, 2.05) is 12.3 Å². The number of rotatable bonds is 9. The molecule has 0 bridgehead atoms. The van der Waals surface area contributed by atoms with Crippen LogP contribution < -0.4 is 15.4 Å². The normalized spacial score (nSPS) is 21.4. The van der Waals surface area contributed by atoms with Crippen LogP contribution in [-0.4, -0.2) is 40.3 Å². The summed E-state index contributed by atoms with van der Waals surface area (Å²) in [6.45, 7) is 12.3. The first-order valence-electron chi connectivity index (χ1n) is 11.6. The van der Waals surface area contributed by atoms with Gasteiger partial charge < -0.3 is 20.5 Å². The predicted octanol–water partition coefficient (Wildman–Crippen LogP) is 3.84. The van der Waals surface area contributed by atoms with E-state index in [0.717, 1.165) is 43.5 Å². The molecule has 0 aromatic carbocycles. The van der Waals surface area contributed by atoms with E-state index in [0.29, 0.717) is 13.0 Å². The topological polar surface area (TPSA) is 83.5 Å². The van der Waals surface area contributed by atoms with Gasteiger partial charge in [0, 0.05) is 37.7 Å². The number of carbonyl (C=O) groups excluding carboxylic acids is 1. The van der Waals surface area contributed by atoms with E-state index >= 15 is 0 Å². The first-order valence-corrected chi connectivity index (χ1v) is 11.6. The summed E-state index contributed by atoms with van der Waals surface area (Å²) in [7, 11) is 0. The van der Waals surface area contributed by atoms with Gasteiger partial charge in [0.15, 0.2) is 0 Å². The first-order chi connectivity index (χ1) is 14.6. The van der Waals surface area contributed by atoms with Gasteiger partial charge in [0.25, 0.3) is 0 Å². The number of pyridine rings is 1. The first kappa shape index (κ1) is 23.7. The molecule has 6 heteroatoms. The monoisotopic (exact) mass is 429 g/mol. The van der Waals surface area contributed by atoms with Gasteiger partial charge in [0.2, 0.25) is 11.8 Å². The molecule has 3 N–H and O–H groups in total. The molecule has 0 radical (unpaired) electrons. The molecule has 1 amide bonds. The highest BCUT2D eigenvalue weighted by atomic mass is 16.5. The fraction of sp³-hybridized carbons (Fsp3) is 0.680. The number of ether oxygens (including phenoxy) is 1. The Morgan fingerprint density at radius 3 is 2.77 bits per heavy atom. The molecule has 2 heterocycles. The van der Waals surface area contributed by atoms with Gasteiger partial charge in [-0.2, -0.15) is 0 Å². The summed E-state index contributed by atoms with van der Waals surface area (Å²) in [5.74, 6) is 0.592. The molecule has 1 fully saturated rings. The van der Waals surface area contributed by atoms with Crippen molar-refractivity contribution in [1.29, 1.82) is 0 Å². The minimum absolute atomic E-state index is 0.0727. The van der Waals surface area contributed by atoms with Crippen molar-refractivity contribution in [3.63, 3.8) is 0 Å². The van der Waals surface area contributed by atoms with Crippen LogP contribution in [0.3, 0.4) is 0 Å². The zero-order valence-corrected chi connectivity index (χ0v) is 19.5. The Hall–Kier alpha value is -1.92. The second kappa shape index (κ2) is 9.70. The molecule has 1 aliphatic heterocycles. The fourth-order valence-corrected chi connectivity index (χ4v) is 4.67. The minimum atomic E-state index is -0.682. The van der Waals surface area contributed by atoms with E-state index in [-0.39, 0.29) is 29.0 Å². The van der Waals surface area contributed by atoms with Gasteiger partial charge in [0.1, 0.15) is 5.60 Å². The smallest absolute Gasteiger partial charge is 0.218 e. The van der Waals surface area contributed by atoms with Gasteiger partial charge in [-0.1, -0.05) is 26.8 Å². The number of amides is 1. The molecular weight excluding hydrogens is 390 g/mol. The van der Waals surface area contributed by atoms with E-state index in [1.54, 1.807) is 0 Å². The van der Waals surface area contributed by atoms with Gasteiger partial charge in [0.05, 0.1) is 12.1 Å². The summed E-state index contributed by atoms with van der Waals surface area (Å²) >= 11 is 0. The predicted molar refractivity (Wildman–Crippen MR) is 123 cm³/mol. The number of fused-ring (bicyclic) bond motifs is 1. The molecule has 0 saturated heterocycles. The van der Waals surface area contributed by atoms with Crippen LogP contribution in [0.4, 0.5) is 0 Å². The Morgan fingerprint density at radius 1 is 1.45 bits per heavy atom. The molecule has 1 aromatic rings. The third-order valence-corrected chi connectivity index (χ3v) is 6.31. The second-order valence-electron chi connectivity index (χ2n) is 10.5. The largest absolute Gasteiger partial charge is 0.471 e. The molecule has 172 valence electrons. The standard InChI is InChI=1S/C25H39N3O3/c1-6-7-9-20(28-17(2)29)22(30)16-26-21-14-25(10-8-11-25)31-23-19(21)12-18(15-27-23)13-24(3,4)5/h6,12,15,20-22,26,30H,1,7-11,13-14,16H2,2-5H3,(H,28,29)/t20-,21-,22+/m0/s1. The van der Waals surface area contributed by atoms with E-state index < -0.39 is 6.10 Å². The van der Waals surface area contributed by atoms with Crippen LogP contribution in [0.25, 0.3) is 0 Å². The SMILES string of the molecule is C=CCC[C@H](NC(C)=O)[C@H](O)CN[C@H]1CC2(CCC2)Oc2ncc(CC(C)(C)C)cc21. The number of hydrogen-bond acceptors (Lipinski definition) is 5. The van der Waals surface area contributed by atoms with Gasteiger partial charge >= 0.3 is 0 Å². The van der Waals surface area contributed by atoms with Crippen molar-refractivity contribution in [2.24, 2.45) is 5.41 Å². The Balaban J connectivity index is 1.75. The summed E-state index contributed by atoms with van der Waals surface area (Å²) in [5.41, 5.74) is 2.33. The van der Waals surface area contributed by atoms with Crippen molar-refractivity contribution in [2.75, 3.05) is 6.54 Å². The zero-order chi connectivity index (χ0) is 22.6. The molecular formula is C25H39N3O3. The lowest BCUT2D eigenvalue weighted by Crippen LogP contribution is -2.51. The summed E-state index contributed by atoms with van der Waals surface area (Å²) in [6.07, 6.45) is 9.58. The molecule has 6 nitrogen and oxygen atoms in total. The number of nitrogens with one attached hydrogen (secondary N) is 2. The Labute approximate surface area is 186 Å². The summed E-state index contributed by atoms with van der Waals surface area (Å²) < 4.78 is 6.35. The minimum Gasteiger partial charge on any atom is -0.471 e. The lowest BCUT2D eigenvalue weighted by Gasteiger charge is -2.47. The molecule has 3 rings (SSSR count). The highest BCUT2D eigenvalue weighted by Gasteiger charge is 2.46. The Kier molecular flexibility index (Phi) is 7.43. The van der Waals surface area contributed by atoms with Crippen molar-refractivity contribution in [1.82, 2.24) is 15.6 Å². The molecule has 1 aliphatic carbocycles. The Bertz CT molecular complexity index is 783. The number of carbonyl (C=O) groups is 1. The number of nitrogens with zero attached hydrogens (tertiary/aromatic N) is 1. The van der Waals surface area contributed by atoms with Crippen LogP contribution >= 0.6 is 0 Å². The van der Waals surface area contributed by atoms with Gasteiger partial charge in [-0.15, -0.1) is 6.58 Å². The maximum absolute atomic E-state index is 11.6. The summed E-state index contributed by atoms with van der Waals surface area (Å²) in [6, 6.07) is 1.99. The van der Waals surface area contributed by atoms with Gasteiger partial charge in [-0.3, -0.25) is 4.79 Å². The fourth-order valence-electron chi connectivity index (χ4n) is 4.67. The molecule has 1 saturated carbocycles. The Morgan fingerprint density at radius 2 is 2.19 bits per heavy atom. The number of aliphatic hydroxyl groups is 1. The third kappa shape index (κ3) is 6.30. The lowest BCUT2D eigenvalue weighted by molar-refractivity contribution is -0.120. The number of aliphatic hydroxyl groups excluding tert-OH is 1. The molecule has 31 heavy (non-hydrogen) atoms. The molecule has 1 aromatic heterocycles. The van der Waals surface area contributed by atoms with Crippen LogP contribution in [0.1, 0.15) is 83.4 Å². The summed E-state index contributed by atoms with van der Waals surface area (Å²) in [4.78, 5) is 16.3. The highest BCUT2D eigenvalue weighted by Crippen LogP contribution is 2.48. The average molecular weight is 430 g/mol. The number of allylic oxidation sites excluding steroid dienone is 1. The van der Waals surface area contributed by atoms with Gasteiger partial charge in [-0.05, 0) is 55.6 Å². The summed E-state index contributed by atoms with van der Waals surface area (Å²) in [5, 5.41) is 17.3. The van der Waals surface area contributed by atoms with E-state index in [4.69, 9.17) is 4.74 Å². The van der Waals surface area contributed by atoms with Crippen LogP contribution in [0.15, 0.2) is 24.9 Å². The van der Waals surface area contributed by atoms with Crippen molar-refractivity contribution >= 4 is 5.91 Å². The number of aromatic nitrogens is 1. The van der Waals surface area contributed by atoms with Crippen molar-refractivity contribution in [3.8, 4) is 5.88 Å². The maximum atomic E-state index is 11.6. The third-order valence-electron chi connectivity index (χ3n) is 6.31. The zero-order valence-electron chi connectivity index (χ0n) is 19.5. The van der Waals surface area contributed by atoms with Crippen molar-refractivity contribution in [3.05, 3.63) is 36.0 Å². The molecule has 2 aliphatic rings. The van der Waals surface area contributed by atoms with E-state index in [2.05, 4.69) is 49.0 Å². The molecule has 0 unspecified atom stereocenters. The van der Waals surface area contributed by atoms with E-state index in [1.165, 1.54) is 18.9 Å². The quantitative estimate of drug-likeness (QED) is 0.520. The highest BCUT2D eigenvalue weighted by molar-refractivity contribution is 5.73. The van der Waals surface area contributed by atoms with Gasteiger partial charge in [-0.25, -0.2) is 4.98 Å². The lowest BCUT2D eigenvalue weighted by atomic mass is 9.73. The van der Waals surface area contributed by atoms with Crippen LogP contribution in [0, 0.1) is 5.41 Å². The van der Waals surface area contributed by atoms with Crippen molar-refractivity contribution in [2.45, 2.75) is 96.4 Å². The molecule has 3 atom stereocenters. The average Bonchev–Trinajstić information content (AvgIpc) is 2.66. The second-order valence-corrected chi connectivity index (χ2v) is 10.5.